The van der Waals surface area contributed by atoms with Gasteiger partial charge in [0.05, 0.1) is 7.11 Å². The second kappa shape index (κ2) is 5.40. The molecule has 1 aromatic carbocycles. The van der Waals surface area contributed by atoms with Crippen molar-refractivity contribution in [3.8, 4) is 5.75 Å². The van der Waals surface area contributed by atoms with Gasteiger partial charge in [-0.1, -0.05) is 6.07 Å². The maximum absolute atomic E-state index is 11.4. The summed E-state index contributed by atoms with van der Waals surface area (Å²) in [5.74, 6) is 0.645. The summed E-state index contributed by atoms with van der Waals surface area (Å²) in [6.45, 7) is 4.76. The number of esters is 1. The van der Waals surface area contributed by atoms with Gasteiger partial charge in [-0.2, -0.15) is 0 Å². The van der Waals surface area contributed by atoms with Gasteiger partial charge >= 0.3 is 5.97 Å². The summed E-state index contributed by atoms with van der Waals surface area (Å²) in [6.07, 6.45) is 0.676. The Morgan fingerprint density at radius 3 is 2.56 bits per heavy atom. The van der Waals surface area contributed by atoms with E-state index in [-0.39, 0.29) is 18.1 Å². The number of carbonyl (C=O) groups excluding carboxylic acids is 1. The summed E-state index contributed by atoms with van der Waals surface area (Å²) in [5, 5.41) is 3.11. The van der Waals surface area contributed by atoms with Crippen LogP contribution in [0.25, 0.3) is 0 Å². The maximum Gasteiger partial charge on any atom is 0.323 e. The SMILES string of the molecule is COC(=O)C1CC(Oc2cc(C)cc(C)c2)CN1. The van der Waals surface area contributed by atoms with Gasteiger partial charge < -0.3 is 14.8 Å². The maximum atomic E-state index is 11.4. The Morgan fingerprint density at radius 1 is 1.28 bits per heavy atom. The summed E-state index contributed by atoms with van der Waals surface area (Å²) < 4.78 is 10.6. The summed E-state index contributed by atoms with van der Waals surface area (Å²) in [6, 6.07) is 5.89. The lowest BCUT2D eigenvalue weighted by Crippen LogP contribution is -2.31. The molecule has 1 aromatic rings. The number of aryl methyl sites for hydroxylation is 2. The van der Waals surface area contributed by atoms with E-state index in [1.54, 1.807) is 0 Å². The van der Waals surface area contributed by atoms with Crippen LogP contribution < -0.4 is 10.1 Å². The van der Waals surface area contributed by atoms with Gasteiger partial charge in [0.1, 0.15) is 17.9 Å². The van der Waals surface area contributed by atoms with Crippen LogP contribution in [-0.2, 0) is 9.53 Å². The van der Waals surface area contributed by atoms with Crippen molar-refractivity contribution in [1.29, 1.82) is 0 Å². The Bertz CT molecular complexity index is 424. The molecule has 2 unspecified atom stereocenters. The van der Waals surface area contributed by atoms with Gasteiger partial charge in [-0.15, -0.1) is 0 Å². The molecular weight excluding hydrogens is 230 g/mol. The van der Waals surface area contributed by atoms with Crippen LogP contribution >= 0.6 is 0 Å². The van der Waals surface area contributed by atoms with E-state index in [2.05, 4.69) is 11.4 Å². The molecular formula is C14H19NO3. The van der Waals surface area contributed by atoms with Gasteiger partial charge in [-0.3, -0.25) is 4.79 Å². The van der Waals surface area contributed by atoms with Crippen molar-refractivity contribution in [2.24, 2.45) is 0 Å². The highest BCUT2D eigenvalue weighted by atomic mass is 16.5. The second-order valence-electron chi connectivity index (χ2n) is 4.78. The molecule has 98 valence electrons. The van der Waals surface area contributed by atoms with Crippen LogP contribution in [0.4, 0.5) is 0 Å². The first-order chi connectivity index (χ1) is 8.58. The average Bonchev–Trinajstić information content (AvgIpc) is 2.75. The van der Waals surface area contributed by atoms with Crippen LogP contribution in [0.5, 0.6) is 5.75 Å². The van der Waals surface area contributed by atoms with Crippen molar-refractivity contribution in [2.75, 3.05) is 13.7 Å². The van der Waals surface area contributed by atoms with Crippen molar-refractivity contribution in [3.63, 3.8) is 0 Å². The average molecular weight is 249 g/mol. The molecule has 18 heavy (non-hydrogen) atoms. The minimum atomic E-state index is -0.245. The molecule has 4 nitrogen and oxygen atoms in total. The first kappa shape index (κ1) is 12.9. The third kappa shape index (κ3) is 3.01. The van der Waals surface area contributed by atoms with E-state index in [0.29, 0.717) is 13.0 Å². The number of methoxy groups -OCH3 is 1. The van der Waals surface area contributed by atoms with Crippen LogP contribution in [0, 0.1) is 13.8 Å². The highest BCUT2D eigenvalue weighted by molar-refractivity contribution is 5.76. The summed E-state index contributed by atoms with van der Waals surface area (Å²) in [7, 11) is 1.40. The van der Waals surface area contributed by atoms with E-state index in [1.807, 2.05) is 26.0 Å². The molecule has 1 aliphatic rings. The molecule has 1 aliphatic heterocycles. The molecule has 0 spiro atoms. The fourth-order valence-electron chi connectivity index (χ4n) is 2.31. The molecule has 1 saturated heterocycles. The molecule has 0 radical (unpaired) electrons. The zero-order valence-electron chi connectivity index (χ0n) is 11.0. The zero-order valence-corrected chi connectivity index (χ0v) is 11.0. The predicted molar refractivity (Wildman–Crippen MR) is 68.8 cm³/mol. The highest BCUT2D eigenvalue weighted by Gasteiger charge is 2.31. The lowest BCUT2D eigenvalue weighted by atomic mass is 10.1. The highest BCUT2D eigenvalue weighted by Crippen LogP contribution is 2.20. The van der Waals surface area contributed by atoms with Gasteiger partial charge in [0, 0.05) is 13.0 Å². The topological polar surface area (TPSA) is 47.6 Å². The Kier molecular flexibility index (Phi) is 3.87. The third-order valence-corrected chi connectivity index (χ3v) is 3.07. The number of hydrogen-bond acceptors (Lipinski definition) is 4. The Labute approximate surface area is 107 Å². The van der Waals surface area contributed by atoms with Crippen LogP contribution in [0.2, 0.25) is 0 Å². The number of ether oxygens (including phenoxy) is 2. The van der Waals surface area contributed by atoms with E-state index in [9.17, 15) is 4.79 Å². The smallest absolute Gasteiger partial charge is 0.323 e. The molecule has 2 rings (SSSR count). The molecule has 0 bridgehead atoms. The number of benzene rings is 1. The monoisotopic (exact) mass is 249 g/mol. The van der Waals surface area contributed by atoms with Crippen LogP contribution in [-0.4, -0.2) is 31.8 Å². The normalized spacial score (nSPS) is 22.8. The number of nitrogens with one attached hydrogen (secondary N) is 1. The number of rotatable bonds is 3. The quantitative estimate of drug-likeness (QED) is 0.826. The van der Waals surface area contributed by atoms with E-state index >= 15 is 0 Å². The van der Waals surface area contributed by atoms with E-state index in [4.69, 9.17) is 9.47 Å². The summed E-state index contributed by atoms with van der Waals surface area (Å²) >= 11 is 0. The first-order valence-electron chi connectivity index (χ1n) is 6.14. The van der Waals surface area contributed by atoms with Crippen molar-refractivity contribution in [2.45, 2.75) is 32.4 Å². The van der Waals surface area contributed by atoms with Crippen molar-refractivity contribution < 1.29 is 14.3 Å². The predicted octanol–water partition coefficient (Wildman–Crippen LogP) is 1.59. The van der Waals surface area contributed by atoms with Gasteiger partial charge in [0.25, 0.3) is 0 Å². The molecule has 0 saturated carbocycles. The Balaban J connectivity index is 1.97. The fraction of sp³-hybridized carbons (Fsp3) is 0.500. The largest absolute Gasteiger partial charge is 0.489 e. The number of hydrogen-bond donors (Lipinski definition) is 1. The summed E-state index contributed by atoms with van der Waals surface area (Å²) in [4.78, 5) is 11.4. The fourth-order valence-corrected chi connectivity index (χ4v) is 2.31. The molecule has 1 N–H and O–H groups in total. The molecule has 1 heterocycles. The minimum Gasteiger partial charge on any atom is -0.489 e. The standard InChI is InChI=1S/C14H19NO3/c1-9-4-10(2)6-11(5-9)18-12-7-13(15-8-12)14(16)17-3/h4-6,12-13,15H,7-8H2,1-3H3. The van der Waals surface area contributed by atoms with E-state index < -0.39 is 0 Å². The van der Waals surface area contributed by atoms with Crippen LogP contribution in [0.1, 0.15) is 17.5 Å². The minimum absolute atomic E-state index is 0.0234. The molecule has 0 aliphatic carbocycles. The third-order valence-electron chi connectivity index (χ3n) is 3.07. The van der Waals surface area contributed by atoms with Gasteiger partial charge in [0.2, 0.25) is 0 Å². The molecule has 0 aromatic heterocycles. The van der Waals surface area contributed by atoms with Gasteiger partial charge in [-0.25, -0.2) is 0 Å². The summed E-state index contributed by atoms with van der Waals surface area (Å²) in [5.41, 5.74) is 2.36. The second-order valence-corrected chi connectivity index (χ2v) is 4.78. The van der Waals surface area contributed by atoms with Crippen LogP contribution in [0.3, 0.4) is 0 Å². The van der Waals surface area contributed by atoms with Gasteiger partial charge in [-0.05, 0) is 37.1 Å². The Hall–Kier alpha value is -1.55. The van der Waals surface area contributed by atoms with Crippen molar-refractivity contribution in [3.05, 3.63) is 29.3 Å². The Morgan fingerprint density at radius 2 is 1.94 bits per heavy atom. The zero-order chi connectivity index (χ0) is 13.1. The van der Waals surface area contributed by atoms with E-state index in [0.717, 1.165) is 5.75 Å². The first-order valence-corrected chi connectivity index (χ1v) is 6.14. The number of carbonyl (C=O) groups is 1. The van der Waals surface area contributed by atoms with Crippen molar-refractivity contribution in [1.82, 2.24) is 5.32 Å². The van der Waals surface area contributed by atoms with Crippen LogP contribution in [0.15, 0.2) is 18.2 Å². The van der Waals surface area contributed by atoms with Gasteiger partial charge in [0.15, 0.2) is 0 Å². The van der Waals surface area contributed by atoms with E-state index in [1.165, 1.54) is 18.2 Å². The molecule has 1 fully saturated rings. The lowest BCUT2D eigenvalue weighted by molar-refractivity contribution is -0.142. The molecule has 2 atom stereocenters. The molecule has 4 heteroatoms. The van der Waals surface area contributed by atoms with Crippen molar-refractivity contribution >= 4 is 5.97 Å². The molecule has 0 amide bonds. The lowest BCUT2D eigenvalue weighted by Gasteiger charge is -2.14.